The fraction of sp³-hybridized carbons (Fsp3) is 0.667. The van der Waals surface area contributed by atoms with Crippen LogP contribution in [0.25, 0.3) is 0 Å². The molecule has 0 radical (unpaired) electrons. The summed E-state index contributed by atoms with van der Waals surface area (Å²) in [5.41, 5.74) is 1.21. The molecule has 0 aromatic heterocycles. The minimum absolute atomic E-state index is 0. The zero-order valence-corrected chi connectivity index (χ0v) is 19.4. The van der Waals surface area contributed by atoms with Crippen LogP contribution in [-0.4, -0.2) is 51.3 Å². The number of halogens is 1. The molecule has 27 heavy (non-hydrogen) atoms. The van der Waals surface area contributed by atoms with E-state index in [1.54, 1.807) is 0 Å². The van der Waals surface area contributed by atoms with E-state index in [0.29, 0.717) is 0 Å². The highest BCUT2D eigenvalue weighted by Crippen LogP contribution is 2.18. The standard InChI is InChI=1S/C21H35N3O2.HI/c1-4-5-13-26-20-8-6-7-19(16-20)17-23-21(22-2)24(3)12-9-18-10-14-25-15-11-18;/h6-8,16,18H,4-5,9-15,17H2,1-3H3,(H,22,23);1H. The molecular weight excluding hydrogens is 453 g/mol. The lowest BCUT2D eigenvalue weighted by molar-refractivity contribution is 0.0625. The highest BCUT2D eigenvalue weighted by molar-refractivity contribution is 14.0. The summed E-state index contributed by atoms with van der Waals surface area (Å²) in [7, 11) is 3.95. The third-order valence-corrected chi connectivity index (χ3v) is 4.90. The topological polar surface area (TPSA) is 46.1 Å². The van der Waals surface area contributed by atoms with Crippen molar-refractivity contribution in [1.82, 2.24) is 10.2 Å². The number of hydrogen-bond donors (Lipinski definition) is 1. The Bertz CT molecular complexity index is 548. The van der Waals surface area contributed by atoms with Crippen molar-refractivity contribution in [1.29, 1.82) is 0 Å². The quantitative estimate of drug-likeness (QED) is 0.243. The van der Waals surface area contributed by atoms with Crippen LogP contribution >= 0.6 is 24.0 Å². The van der Waals surface area contributed by atoms with E-state index in [0.717, 1.165) is 63.4 Å². The first-order valence-electron chi connectivity index (χ1n) is 9.94. The molecule has 5 nitrogen and oxygen atoms in total. The van der Waals surface area contributed by atoms with Gasteiger partial charge in [0.1, 0.15) is 5.75 Å². The average Bonchev–Trinajstić information content (AvgIpc) is 2.68. The average molecular weight is 489 g/mol. The van der Waals surface area contributed by atoms with E-state index in [-0.39, 0.29) is 24.0 Å². The van der Waals surface area contributed by atoms with Gasteiger partial charge in [-0.2, -0.15) is 0 Å². The fourth-order valence-electron chi connectivity index (χ4n) is 3.16. The number of nitrogens with zero attached hydrogens (tertiary/aromatic N) is 2. The summed E-state index contributed by atoms with van der Waals surface area (Å²) in [6.07, 6.45) is 5.81. The van der Waals surface area contributed by atoms with Crippen molar-refractivity contribution in [3.05, 3.63) is 29.8 Å². The molecule has 1 heterocycles. The number of nitrogens with one attached hydrogen (secondary N) is 1. The lowest BCUT2D eigenvalue weighted by Gasteiger charge is -2.26. The monoisotopic (exact) mass is 489 g/mol. The Hall–Kier alpha value is -1.02. The number of unbranched alkanes of at least 4 members (excludes halogenated alkanes) is 1. The van der Waals surface area contributed by atoms with E-state index in [9.17, 15) is 0 Å². The highest BCUT2D eigenvalue weighted by atomic mass is 127. The van der Waals surface area contributed by atoms with Gasteiger partial charge in [-0.25, -0.2) is 0 Å². The van der Waals surface area contributed by atoms with Gasteiger partial charge in [-0.15, -0.1) is 24.0 Å². The molecule has 1 saturated heterocycles. The summed E-state index contributed by atoms with van der Waals surface area (Å²) in [4.78, 5) is 6.64. The maximum absolute atomic E-state index is 5.79. The molecule has 0 amide bonds. The molecule has 1 aliphatic heterocycles. The molecule has 6 heteroatoms. The van der Waals surface area contributed by atoms with Crippen molar-refractivity contribution in [2.45, 2.75) is 45.6 Å². The van der Waals surface area contributed by atoms with Crippen LogP contribution in [-0.2, 0) is 11.3 Å². The number of hydrogen-bond acceptors (Lipinski definition) is 3. The zero-order valence-electron chi connectivity index (χ0n) is 17.1. The molecule has 1 aromatic rings. The maximum Gasteiger partial charge on any atom is 0.193 e. The van der Waals surface area contributed by atoms with Gasteiger partial charge in [0.2, 0.25) is 0 Å². The molecule has 0 unspecified atom stereocenters. The molecular formula is C21H36IN3O2. The summed E-state index contributed by atoms with van der Waals surface area (Å²) in [6.45, 7) is 6.55. The molecule has 154 valence electrons. The van der Waals surface area contributed by atoms with Crippen molar-refractivity contribution < 1.29 is 9.47 Å². The molecule has 1 N–H and O–H groups in total. The minimum Gasteiger partial charge on any atom is -0.494 e. The molecule has 0 bridgehead atoms. The Morgan fingerprint density at radius 1 is 1.33 bits per heavy atom. The molecule has 2 rings (SSSR count). The molecule has 0 saturated carbocycles. The fourth-order valence-corrected chi connectivity index (χ4v) is 3.16. The Balaban J connectivity index is 0.00000364. The molecule has 1 aliphatic rings. The van der Waals surface area contributed by atoms with E-state index in [4.69, 9.17) is 9.47 Å². The van der Waals surface area contributed by atoms with Gasteiger partial charge in [0.15, 0.2) is 5.96 Å². The van der Waals surface area contributed by atoms with Crippen LogP contribution < -0.4 is 10.1 Å². The second-order valence-electron chi connectivity index (χ2n) is 7.02. The van der Waals surface area contributed by atoms with E-state index < -0.39 is 0 Å². The van der Waals surface area contributed by atoms with Crippen LogP contribution in [0.1, 0.15) is 44.6 Å². The summed E-state index contributed by atoms with van der Waals surface area (Å²) in [5.74, 6) is 2.66. The molecule has 1 fully saturated rings. The second-order valence-corrected chi connectivity index (χ2v) is 7.02. The third-order valence-electron chi connectivity index (χ3n) is 4.90. The Morgan fingerprint density at radius 2 is 2.11 bits per heavy atom. The van der Waals surface area contributed by atoms with Gasteiger partial charge in [-0.1, -0.05) is 25.5 Å². The summed E-state index contributed by atoms with van der Waals surface area (Å²) in [5, 5.41) is 3.46. The number of benzene rings is 1. The van der Waals surface area contributed by atoms with Crippen LogP contribution in [0.3, 0.4) is 0 Å². The normalized spacial score (nSPS) is 15.1. The zero-order chi connectivity index (χ0) is 18.6. The van der Waals surface area contributed by atoms with Gasteiger partial charge < -0.3 is 19.7 Å². The highest BCUT2D eigenvalue weighted by Gasteiger charge is 2.15. The van der Waals surface area contributed by atoms with Crippen molar-refractivity contribution in [2.24, 2.45) is 10.9 Å². The number of aliphatic imine (C=N–C) groups is 1. The SMILES string of the molecule is CCCCOc1cccc(CNC(=NC)N(C)CCC2CCOCC2)c1.I. The van der Waals surface area contributed by atoms with Crippen LogP contribution in [0.2, 0.25) is 0 Å². The third kappa shape index (κ3) is 9.14. The minimum atomic E-state index is 0. The molecule has 1 aromatic carbocycles. The Labute approximate surface area is 181 Å². The van der Waals surface area contributed by atoms with Gasteiger partial charge in [0.25, 0.3) is 0 Å². The van der Waals surface area contributed by atoms with E-state index in [2.05, 4.69) is 47.4 Å². The van der Waals surface area contributed by atoms with Crippen LogP contribution in [0.15, 0.2) is 29.3 Å². The first-order chi connectivity index (χ1) is 12.7. The van der Waals surface area contributed by atoms with Crippen LogP contribution in [0.4, 0.5) is 0 Å². The van der Waals surface area contributed by atoms with Crippen molar-refractivity contribution in [3.63, 3.8) is 0 Å². The summed E-state index contributed by atoms with van der Waals surface area (Å²) in [6, 6.07) is 8.30. The lowest BCUT2D eigenvalue weighted by atomic mass is 9.96. The molecule has 0 atom stereocenters. The van der Waals surface area contributed by atoms with Crippen LogP contribution in [0, 0.1) is 5.92 Å². The first-order valence-corrected chi connectivity index (χ1v) is 9.94. The first kappa shape index (κ1) is 24.0. The van der Waals surface area contributed by atoms with Gasteiger partial charge in [0, 0.05) is 40.4 Å². The Morgan fingerprint density at radius 3 is 2.81 bits per heavy atom. The lowest BCUT2D eigenvalue weighted by Crippen LogP contribution is -2.39. The second kappa shape index (κ2) is 14.0. The predicted molar refractivity (Wildman–Crippen MR) is 123 cm³/mol. The maximum atomic E-state index is 5.79. The number of rotatable bonds is 9. The van der Waals surface area contributed by atoms with Crippen molar-refractivity contribution in [2.75, 3.05) is 40.5 Å². The molecule has 0 aliphatic carbocycles. The van der Waals surface area contributed by atoms with E-state index in [1.807, 2.05) is 13.1 Å². The van der Waals surface area contributed by atoms with Crippen molar-refractivity contribution >= 4 is 29.9 Å². The number of ether oxygens (including phenoxy) is 2. The summed E-state index contributed by atoms with van der Waals surface area (Å²) >= 11 is 0. The predicted octanol–water partition coefficient (Wildman–Crippen LogP) is 4.31. The largest absolute Gasteiger partial charge is 0.494 e. The number of guanidine groups is 1. The van der Waals surface area contributed by atoms with Gasteiger partial charge in [-0.3, -0.25) is 4.99 Å². The molecule has 0 spiro atoms. The van der Waals surface area contributed by atoms with Crippen molar-refractivity contribution in [3.8, 4) is 5.75 Å². The van der Waals surface area contributed by atoms with E-state index >= 15 is 0 Å². The summed E-state index contributed by atoms with van der Waals surface area (Å²) < 4.78 is 11.2. The van der Waals surface area contributed by atoms with E-state index in [1.165, 1.54) is 24.8 Å². The smallest absolute Gasteiger partial charge is 0.193 e. The van der Waals surface area contributed by atoms with Gasteiger partial charge in [-0.05, 0) is 49.3 Å². The Kier molecular flexibility index (Phi) is 12.5. The van der Waals surface area contributed by atoms with Gasteiger partial charge >= 0.3 is 0 Å². The van der Waals surface area contributed by atoms with Crippen LogP contribution in [0.5, 0.6) is 5.75 Å². The van der Waals surface area contributed by atoms with Gasteiger partial charge in [0.05, 0.1) is 6.61 Å².